The largest absolute Gasteiger partial charge is 0.340 e. The third kappa shape index (κ3) is 2.20. The van der Waals surface area contributed by atoms with E-state index in [1.807, 2.05) is 26.0 Å². The first-order valence-corrected chi connectivity index (χ1v) is 6.47. The molecule has 0 aliphatic carbocycles. The van der Waals surface area contributed by atoms with Crippen LogP contribution in [0.2, 0.25) is 0 Å². The van der Waals surface area contributed by atoms with Gasteiger partial charge in [0.25, 0.3) is 5.91 Å². The van der Waals surface area contributed by atoms with Crippen molar-refractivity contribution in [3.63, 3.8) is 0 Å². The molecule has 2 unspecified atom stereocenters. The summed E-state index contributed by atoms with van der Waals surface area (Å²) in [6.45, 7) is 7.25. The number of pyridine rings is 1. The van der Waals surface area contributed by atoms with Crippen molar-refractivity contribution in [2.24, 2.45) is 0 Å². The van der Waals surface area contributed by atoms with Crippen LogP contribution in [0.3, 0.4) is 0 Å². The Morgan fingerprint density at radius 2 is 2.11 bits per heavy atom. The molecule has 5 nitrogen and oxygen atoms in total. The van der Waals surface area contributed by atoms with Crippen LogP contribution < -0.4 is 10.2 Å². The molecule has 0 saturated carbocycles. The number of piperazine rings is 1. The van der Waals surface area contributed by atoms with Crippen molar-refractivity contribution in [3.05, 3.63) is 24.0 Å². The van der Waals surface area contributed by atoms with Crippen LogP contribution in [0.5, 0.6) is 0 Å². The molecule has 5 heteroatoms. The van der Waals surface area contributed by atoms with Crippen molar-refractivity contribution in [3.8, 4) is 0 Å². The van der Waals surface area contributed by atoms with Gasteiger partial charge >= 0.3 is 0 Å². The molecule has 1 aromatic heterocycles. The van der Waals surface area contributed by atoms with Crippen LogP contribution >= 0.6 is 0 Å². The first-order valence-electron chi connectivity index (χ1n) is 6.47. The summed E-state index contributed by atoms with van der Waals surface area (Å²) in [5.41, 5.74) is 0.704. The lowest BCUT2D eigenvalue weighted by Crippen LogP contribution is -2.68. The fourth-order valence-electron chi connectivity index (χ4n) is 2.17. The van der Waals surface area contributed by atoms with Crippen molar-refractivity contribution in [1.82, 2.24) is 10.3 Å². The third-order valence-corrected chi connectivity index (χ3v) is 3.74. The Kier molecular flexibility index (Phi) is 3.30. The monoisotopic (exact) mass is 261 g/mol. The summed E-state index contributed by atoms with van der Waals surface area (Å²) in [6, 6.07) is 3.15. The molecule has 102 valence electrons. The smallest absolute Gasteiger partial charge is 0.253 e. The fourth-order valence-corrected chi connectivity index (χ4v) is 2.17. The average Bonchev–Trinajstić information content (AvgIpc) is 2.39. The van der Waals surface area contributed by atoms with E-state index in [1.54, 1.807) is 20.0 Å². The number of carbonyl (C=O) groups excluding carboxylic acids is 2. The molecule has 0 bridgehead atoms. The van der Waals surface area contributed by atoms with Crippen LogP contribution in [-0.4, -0.2) is 28.4 Å². The lowest BCUT2D eigenvalue weighted by molar-refractivity contribution is -0.137. The highest BCUT2D eigenvalue weighted by molar-refractivity contribution is 6.10. The molecule has 2 rings (SSSR count). The molecule has 1 saturated heterocycles. The number of carbonyl (C=O) groups is 2. The SMILES string of the molecule is CCC1(C)NC(=O)C(C)N(c2ccc(C)nc2)C1=O. The van der Waals surface area contributed by atoms with E-state index in [2.05, 4.69) is 10.3 Å². The maximum Gasteiger partial charge on any atom is 0.253 e. The summed E-state index contributed by atoms with van der Waals surface area (Å²) in [5, 5.41) is 2.80. The van der Waals surface area contributed by atoms with Gasteiger partial charge in [0, 0.05) is 5.69 Å². The summed E-state index contributed by atoms with van der Waals surface area (Å²) in [6.07, 6.45) is 2.19. The van der Waals surface area contributed by atoms with E-state index >= 15 is 0 Å². The maximum absolute atomic E-state index is 12.6. The Hall–Kier alpha value is -1.91. The zero-order valence-electron chi connectivity index (χ0n) is 11.7. The van der Waals surface area contributed by atoms with Crippen LogP contribution in [-0.2, 0) is 9.59 Å². The van der Waals surface area contributed by atoms with E-state index in [0.29, 0.717) is 12.1 Å². The molecular formula is C14H19N3O2. The molecule has 2 atom stereocenters. The van der Waals surface area contributed by atoms with E-state index in [1.165, 1.54) is 4.90 Å². The second kappa shape index (κ2) is 4.64. The number of rotatable bonds is 2. The summed E-state index contributed by atoms with van der Waals surface area (Å²) >= 11 is 0. The first kappa shape index (κ1) is 13.5. The zero-order valence-corrected chi connectivity index (χ0v) is 11.7. The number of amides is 2. The van der Waals surface area contributed by atoms with Gasteiger partial charge < -0.3 is 5.32 Å². The van der Waals surface area contributed by atoms with Gasteiger partial charge in [-0.2, -0.15) is 0 Å². The molecular weight excluding hydrogens is 242 g/mol. The highest BCUT2D eigenvalue weighted by Crippen LogP contribution is 2.26. The van der Waals surface area contributed by atoms with Crippen molar-refractivity contribution < 1.29 is 9.59 Å². The molecule has 0 spiro atoms. The highest BCUT2D eigenvalue weighted by Gasteiger charge is 2.45. The second-order valence-corrected chi connectivity index (χ2v) is 5.18. The predicted octanol–water partition coefficient (Wildman–Crippen LogP) is 1.41. The minimum absolute atomic E-state index is 0.0900. The number of anilines is 1. The number of aromatic nitrogens is 1. The van der Waals surface area contributed by atoms with Crippen LogP contribution in [0.1, 0.15) is 32.9 Å². The van der Waals surface area contributed by atoms with Gasteiger partial charge in [-0.25, -0.2) is 0 Å². The molecule has 0 aromatic carbocycles. The van der Waals surface area contributed by atoms with Crippen LogP contribution in [0.15, 0.2) is 18.3 Å². The minimum atomic E-state index is -0.839. The Bertz CT molecular complexity index is 512. The molecule has 1 N–H and O–H groups in total. The maximum atomic E-state index is 12.6. The van der Waals surface area contributed by atoms with Crippen LogP contribution in [0.25, 0.3) is 0 Å². The highest BCUT2D eigenvalue weighted by atomic mass is 16.2. The molecule has 1 aliphatic heterocycles. The van der Waals surface area contributed by atoms with Gasteiger partial charge in [0.05, 0.1) is 11.9 Å². The first-order chi connectivity index (χ1) is 8.89. The number of aryl methyl sites for hydroxylation is 1. The Balaban J connectivity index is 2.43. The average molecular weight is 261 g/mol. The molecule has 1 aromatic rings. The predicted molar refractivity (Wildman–Crippen MR) is 72.8 cm³/mol. The normalized spacial score (nSPS) is 27.4. The lowest BCUT2D eigenvalue weighted by Gasteiger charge is -2.42. The van der Waals surface area contributed by atoms with Crippen LogP contribution in [0.4, 0.5) is 5.69 Å². The molecule has 1 fully saturated rings. The van der Waals surface area contributed by atoms with E-state index < -0.39 is 11.6 Å². The van der Waals surface area contributed by atoms with Gasteiger partial charge in [-0.05, 0) is 39.3 Å². The molecule has 19 heavy (non-hydrogen) atoms. The quantitative estimate of drug-likeness (QED) is 0.875. The standard InChI is InChI=1S/C14H19N3O2/c1-5-14(4)13(19)17(10(3)12(18)16-14)11-7-6-9(2)15-8-11/h6-8,10H,5H2,1-4H3,(H,16,18). The summed E-state index contributed by atoms with van der Waals surface area (Å²) in [4.78, 5) is 30.4. The van der Waals surface area contributed by atoms with Crippen LogP contribution in [0, 0.1) is 6.92 Å². The van der Waals surface area contributed by atoms with E-state index in [-0.39, 0.29) is 11.8 Å². The van der Waals surface area contributed by atoms with Gasteiger partial charge in [-0.3, -0.25) is 19.5 Å². The molecule has 2 heterocycles. The van der Waals surface area contributed by atoms with E-state index in [0.717, 1.165) is 5.69 Å². The number of nitrogens with one attached hydrogen (secondary N) is 1. The third-order valence-electron chi connectivity index (χ3n) is 3.74. The van der Waals surface area contributed by atoms with Gasteiger partial charge in [0.1, 0.15) is 11.6 Å². The van der Waals surface area contributed by atoms with Crippen molar-refractivity contribution in [2.45, 2.75) is 45.7 Å². The Morgan fingerprint density at radius 1 is 1.42 bits per heavy atom. The van der Waals surface area contributed by atoms with Crippen molar-refractivity contribution >= 4 is 17.5 Å². The van der Waals surface area contributed by atoms with Gasteiger partial charge in [0.2, 0.25) is 5.91 Å². The summed E-state index contributed by atoms with van der Waals surface area (Å²) in [7, 11) is 0. The summed E-state index contributed by atoms with van der Waals surface area (Å²) < 4.78 is 0. The van der Waals surface area contributed by atoms with E-state index in [4.69, 9.17) is 0 Å². The van der Waals surface area contributed by atoms with Gasteiger partial charge in [-0.1, -0.05) is 6.92 Å². The number of hydrogen-bond acceptors (Lipinski definition) is 3. The zero-order chi connectivity index (χ0) is 14.2. The topological polar surface area (TPSA) is 62.3 Å². The molecule has 1 aliphatic rings. The van der Waals surface area contributed by atoms with Gasteiger partial charge in [-0.15, -0.1) is 0 Å². The Morgan fingerprint density at radius 3 is 2.63 bits per heavy atom. The van der Waals surface area contributed by atoms with Gasteiger partial charge in [0.15, 0.2) is 0 Å². The fraction of sp³-hybridized carbons (Fsp3) is 0.500. The minimum Gasteiger partial charge on any atom is -0.340 e. The van der Waals surface area contributed by atoms with Crippen molar-refractivity contribution in [1.29, 1.82) is 0 Å². The number of hydrogen-bond donors (Lipinski definition) is 1. The Labute approximate surface area is 113 Å². The molecule has 2 amide bonds. The summed E-state index contributed by atoms with van der Waals surface area (Å²) in [5.74, 6) is -0.225. The lowest BCUT2D eigenvalue weighted by atomic mass is 9.92. The second-order valence-electron chi connectivity index (χ2n) is 5.18. The molecule has 0 radical (unpaired) electrons. The number of nitrogens with zero attached hydrogens (tertiary/aromatic N) is 2. The van der Waals surface area contributed by atoms with E-state index in [9.17, 15) is 9.59 Å². The van der Waals surface area contributed by atoms with Crippen molar-refractivity contribution in [2.75, 3.05) is 4.90 Å².